The predicted molar refractivity (Wildman–Crippen MR) is 94.6 cm³/mol. The Balaban J connectivity index is 1.81. The average Bonchev–Trinajstić information content (AvgIpc) is 3.09. The molecule has 0 aliphatic carbocycles. The molecule has 1 aliphatic rings. The van der Waals surface area contributed by atoms with Gasteiger partial charge in [-0.1, -0.05) is 18.2 Å². The van der Waals surface area contributed by atoms with Crippen molar-refractivity contribution in [1.29, 1.82) is 0 Å². The van der Waals surface area contributed by atoms with E-state index < -0.39 is 43.1 Å². The van der Waals surface area contributed by atoms with E-state index in [-0.39, 0.29) is 0 Å². The van der Waals surface area contributed by atoms with Crippen molar-refractivity contribution in [2.45, 2.75) is 19.5 Å². The minimum Gasteiger partial charge on any atom is -0.481 e. The SMILES string of the molecule is CCN(CCCNC(=O)N1C[C@@H](C(F)(F)F)[C@H](C(=O)O)C1)c1ccccc1. The number of amides is 2. The van der Waals surface area contributed by atoms with Crippen LogP contribution >= 0.6 is 0 Å². The van der Waals surface area contributed by atoms with E-state index in [0.29, 0.717) is 19.5 Å². The van der Waals surface area contributed by atoms with Gasteiger partial charge in [0.1, 0.15) is 0 Å². The van der Waals surface area contributed by atoms with E-state index in [4.69, 9.17) is 5.11 Å². The van der Waals surface area contributed by atoms with Crippen molar-refractivity contribution in [2.24, 2.45) is 11.8 Å². The zero-order valence-electron chi connectivity index (χ0n) is 15.1. The van der Waals surface area contributed by atoms with E-state index in [1.807, 2.05) is 37.3 Å². The fourth-order valence-corrected chi connectivity index (χ4v) is 3.24. The highest BCUT2D eigenvalue weighted by atomic mass is 19.4. The van der Waals surface area contributed by atoms with Crippen LogP contribution in [0.15, 0.2) is 30.3 Å². The number of halogens is 3. The molecule has 0 saturated carbocycles. The molecule has 9 heteroatoms. The van der Waals surface area contributed by atoms with Crippen molar-refractivity contribution >= 4 is 17.7 Å². The minimum atomic E-state index is -4.64. The number of carboxylic acid groups (broad SMARTS) is 1. The number of urea groups is 1. The minimum absolute atomic E-state index is 0.299. The molecule has 6 nitrogen and oxygen atoms in total. The molecular weight excluding hydrogens is 363 g/mol. The molecule has 2 amide bonds. The first-order chi connectivity index (χ1) is 12.7. The van der Waals surface area contributed by atoms with E-state index >= 15 is 0 Å². The number of nitrogens with one attached hydrogen (secondary N) is 1. The number of carboxylic acids is 1. The molecule has 27 heavy (non-hydrogen) atoms. The number of carbonyl (C=O) groups is 2. The Morgan fingerprint density at radius 3 is 2.44 bits per heavy atom. The van der Waals surface area contributed by atoms with E-state index in [1.165, 1.54) is 0 Å². The number of nitrogens with zero attached hydrogens (tertiary/aromatic N) is 2. The number of carbonyl (C=O) groups excluding carboxylic acids is 1. The number of aliphatic carboxylic acids is 1. The van der Waals surface area contributed by atoms with E-state index in [2.05, 4.69) is 10.2 Å². The summed E-state index contributed by atoms with van der Waals surface area (Å²) in [5, 5.41) is 11.6. The van der Waals surface area contributed by atoms with Crippen LogP contribution < -0.4 is 10.2 Å². The molecule has 1 aromatic rings. The van der Waals surface area contributed by atoms with Crippen LogP contribution in [0.3, 0.4) is 0 Å². The van der Waals surface area contributed by atoms with Gasteiger partial charge in [0, 0.05) is 38.4 Å². The van der Waals surface area contributed by atoms with Gasteiger partial charge in [-0.15, -0.1) is 0 Å². The normalized spacial score (nSPS) is 19.8. The van der Waals surface area contributed by atoms with Crippen molar-refractivity contribution < 1.29 is 27.9 Å². The number of benzene rings is 1. The summed E-state index contributed by atoms with van der Waals surface area (Å²) in [7, 11) is 0. The lowest BCUT2D eigenvalue weighted by Crippen LogP contribution is -2.40. The second kappa shape index (κ2) is 8.96. The zero-order valence-corrected chi connectivity index (χ0v) is 15.1. The van der Waals surface area contributed by atoms with E-state index in [1.54, 1.807) is 0 Å². The van der Waals surface area contributed by atoms with E-state index in [0.717, 1.165) is 17.1 Å². The molecule has 2 atom stereocenters. The zero-order chi connectivity index (χ0) is 20.0. The summed E-state index contributed by atoms with van der Waals surface area (Å²) in [5.41, 5.74) is 1.06. The lowest BCUT2D eigenvalue weighted by Gasteiger charge is -2.23. The number of alkyl halides is 3. The van der Waals surface area contributed by atoms with Gasteiger partial charge < -0.3 is 20.2 Å². The molecule has 0 spiro atoms. The van der Waals surface area contributed by atoms with Crippen LogP contribution in [-0.4, -0.2) is 60.9 Å². The third kappa shape index (κ3) is 5.51. The molecule has 1 fully saturated rings. The molecule has 0 unspecified atom stereocenters. The van der Waals surface area contributed by atoms with Gasteiger partial charge in [0.25, 0.3) is 0 Å². The number of anilines is 1. The van der Waals surface area contributed by atoms with Gasteiger partial charge in [-0.3, -0.25) is 4.79 Å². The Bertz CT molecular complexity index is 640. The summed E-state index contributed by atoms with van der Waals surface area (Å²) in [6.07, 6.45) is -4.03. The Kier molecular flexibility index (Phi) is 6.92. The van der Waals surface area contributed by atoms with Crippen molar-refractivity contribution in [3.8, 4) is 0 Å². The topological polar surface area (TPSA) is 72.9 Å². The Morgan fingerprint density at radius 2 is 1.93 bits per heavy atom. The van der Waals surface area contributed by atoms with Gasteiger partial charge in [0.05, 0.1) is 11.8 Å². The fourth-order valence-electron chi connectivity index (χ4n) is 3.24. The predicted octanol–water partition coefficient (Wildman–Crippen LogP) is 2.81. The standard InChI is InChI=1S/C18H24F3N3O3/c1-2-23(13-7-4-3-5-8-13)10-6-9-22-17(27)24-11-14(16(25)26)15(12-24)18(19,20)21/h3-5,7-8,14-15H,2,6,9-12H2,1H3,(H,22,27)(H,25,26)/t14-,15-/m1/s1. The van der Waals surface area contributed by atoms with E-state index in [9.17, 15) is 22.8 Å². The highest BCUT2D eigenvalue weighted by Gasteiger charge is 2.53. The number of hydrogen-bond acceptors (Lipinski definition) is 3. The van der Waals surface area contributed by atoms with Gasteiger partial charge in [-0.05, 0) is 25.5 Å². The first-order valence-corrected chi connectivity index (χ1v) is 8.86. The molecular formula is C18H24F3N3O3. The van der Waals surface area contributed by atoms with Crippen molar-refractivity contribution in [3.63, 3.8) is 0 Å². The summed E-state index contributed by atoms with van der Waals surface area (Å²) >= 11 is 0. The second-order valence-electron chi connectivity index (χ2n) is 6.50. The van der Waals surface area contributed by atoms with Gasteiger partial charge in [0.2, 0.25) is 0 Å². The highest BCUT2D eigenvalue weighted by Crippen LogP contribution is 2.37. The van der Waals surface area contributed by atoms with Crippen LogP contribution in [0.5, 0.6) is 0 Å². The number of likely N-dealkylation sites (tertiary alicyclic amines) is 1. The Hall–Kier alpha value is -2.45. The summed E-state index contributed by atoms with van der Waals surface area (Å²) in [5.74, 6) is -5.19. The van der Waals surface area contributed by atoms with Crippen LogP contribution in [0.4, 0.5) is 23.7 Å². The number of rotatable bonds is 7. The van der Waals surface area contributed by atoms with Crippen LogP contribution in [-0.2, 0) is 4.79 Å². The maximum atomic E-state index is 13.0. The van der Waals surface area contributed by atoms with Gasteiger partial charge in [0.15, 0.2) is 0 Å². The van der Waals surface area contributed by atoms with Crippen LogP contribution in [0.2, 0.25) is 0 Å². The number of hydrogen-bond donors (Lipinski definition) is 2. The lowest BCUT2D eigenvalue weighted by molar-refractivity contribution is -0.187. The molecule has 0 bridgehead atoms. The van der Waals surface area contributed by atoms with Crippen molar-refractivity contribution in [3.05, 3.63) is 30.3 Å². The maximum Gasteiger partial charge on any atom is 0.394 e. The highest BCUT2D eigenvalue weighted by molar-refractivity contribution is 5.77. The summed E-state index contributed by atoms with van der Waals surface area (Å²) in [6, 6.07) is 9.10. The number of para-hydroxylation sites is 1. The monoisotopic (exact) mass is 387 g/mol. The largest absolute Gasteiger partial charge is 0.481 e. The molecule has 1 aromatic carbocycles. The molecule has 150 valence electrons. The van der Waals surface area contributed by atoms with Crippen molar-refractivity contribution in [2.75, 3.05) is 37.6 Å². The first kappa shape index (κ1) is 20.9. The van der Waals surface area contributed by atoms with Gasteiger partial charge in [-0.2, -0.15) is 13.2 Å². The molecule has 0 radical (unpaired) electrons. The summed E-state index contributed by atoms with van der Waals surface area (Å²) in [4.78, 5) is 26.2. The summed E-state index contributed by atoms with van der Waals surface area (Å²) < 4.78 is 38.9. The third-order valence-corrected chi connectivity index (χ3v) is 4.73. The van der Waals surface area contributed by atoms with Crippen molar-refractivity contribution in [1.82, 2.24) is 10.2 Å². The smallest absolute Gasteiger partial charge is 0.394 e. The fraction of sp³-hybridized carbons (Fsp3) is 0.556. The lowest BCUT2D eigenvalue weighted by atomic mass is 9.96. The molecule has 0 aromatic heterocycles. The first-order valence-electron chi connectivity index (χ1n) is 8.86. The van der Waals surface area contributed by atoms with Crippen LogP contribution in [0.1, 0.15) is 13.3 Å². The van der Waals surface area contributed by atoms with Gasteiger partial charge >= 0.3 is 18.2 Å². The second-order valence-corrected chi connectivity index (χ2v) is 6.50. The quantitative estimate of drug-likeness (QED) is 0.706. The Morgan fingerprint density at radius 1 is 1.26 bits per heavy atom. The maximum absolute atomic E-state index is 13.0. The molecule has 2 rings (SSSR count). The molecule has 1 saturated heterocycles. The Labute approximate surface area is 155 Å². The third-order valence-electron chi connectivity index (χ3n) is 4.73. The van der Waals surface area contributed by atoms with Crippen LogP contribution in [0.25, 0.3) is 0 Å². The average molecular weight is 387 g/mol. The van der Waals surface area contributed by atoms with Crippen LogP contribution in [0, 0.1) is 11.8 Å². The molecule has 1 heterocycles. The summed E-state index contributed by atoms with van der Waals surface area (Å²) in [6.45, 7) is 2.72. The van der Waals surface area contributed by atoms with Gasteiger partial charge in [-0.25, -0.2) is 4.79 Å². The molecule has 1 aliphatic heterocycles. The molecule has 2 N–H and O–H groups in total.